The van der Waals surface area contributed by atoms with Crippen LogP contribution in [0.15, 0.2) is 41.7 Å². The summed E-state index contributed by atoms with van der Waals surface area (Å²) in [5.41, 5.74) is 11.9. The van der Waals surface area contributed by atoms with Crippen molar-refractivity contribution in [1.82, 2.24) is 14.5 Å². The fourth-order valence-corrected chi connectivity index (χ4v) is 3.91. The molecule has 0 unspecified atom stereocenters. The smallest absolute Gasteiger partial charge is 0.273 e. The normalized spacial score (nSPS) is 14.0. The monoisotopic (exact) mass is 504 g/mol. The maximum atomic E-state index is 13.2. The zero-order chi connectivity index (χ0) is 24.4. The Morgan fingerprint density at radius 1 is 1.26 bits per heavy atom. The van der Waals surface area contributed by atoms with Gasteiger partial charge < -0.3 is 26.3 Å². The van der Waals surface area contributed by atoms with Gasteiger partial charge in [0.05, 0.1) is 46.4 Å². The molecule has 0 radical (unpaired) electrons. The van der Waals surface area contributed by atoms with Gasteiger partial charge >= 0.3 is 0 Å². The number of benzene rings is 1. The van der Waals surface area contributed by atoms with Crippen molar-refractivity contribution >= 4 is 40.6 Å². The number of nitrogens with zero attached hydrogens (tertiary/aromatic N) is 3. The molecule has 0 saturated heterocycles. The van der Waals surface area contributed by atoms with E-state index in [9.17, 15) is 9.59 Å². The van der Waals surface area contributed by atoms with Crippen LogP contribution in [0.4, 0.5) is 11.5 Å². The molecule has 0 bridgehead atoms. The van der Waals surface area contributed by atoms with Gasteiger partial charge in [-0.3, -0.25) is 19.1 Å². The van der Waals surface area contributed by atoms with Gasteiger partial charge in [-0.2, -0.15) is 0 Å². The number of pyridine rings is 1. The van der Waals surface area contributed by atoms with E-state index in [2.05, 4.69) is 15.3 Å². The Labute approximate surface area is 204 Å². The van der Waals surface area contributed by atoms with Crippen LogP contribution in [0, 0.1) is 0 Å². The summed E-state index contributed by atoms with van der Waals surface area (Å²) in [7, 11) is 1.53. The molecule has 1 atom stereocenters. The fraction of sp³-hybridized carbons (Fsp3) is 0.273. The largest absolute Gasteiger partial charge is 0.490 e. The second-order valence-corrected chi connectivity index (χ2v) is 8.57. The third-order valence-corrected chi connectivity index (χ3v) is 5.65. The van der Waals surface area contributed by atoms with E-state index in [1.807, 2.05) is 0 Å². The zero-order valence-corrected chi connectivity index (χ0v) is 19.6. The predicted molar refractivity (Wildman–Crippen MR) is 129 cm³/mol. The Bertz CT molecular complexity index is 1270. The Hall–Kier alpha value is -3.18. The number of nitrogens with two attached hydrogens (primary N) is 2. The summed E-state index contributed by atoms with van der Waals surface area (Å²) in [5.74, 6) is -0.529. The van der Waals surface area contributed by atoms with Gasteiger partial charge in [0.25, 0.3) is 11.5 Å². The second kappa shape index (κ2) is 9.98. The number of hydrogen-bond acceptors (Lipinski definition) is 8. The lowest BCUT2D eigenvalue weighted by atomic mass is 10.1. The van der Waals surface area contributed by atoms with Crippen molar-refractivity contribution in [3.8, 4) is 11.4 Å². The maximum Gasteiger partial charge on any atom is 0.273 e. The Kier molecular flexibility index (Phi) is 7.03. The molecule has 1 saturated carbocycles. The third-order valence-electron chi connectivity index (χ3n) is 5.08. The molecule has 34 heavy (non-hydrogen) atoms. The van der Waals surface area contributed by atoms with E-state index in [1.165, 1.54) is 13.3 Å². The second-order valence-electron chi connectivity index (χ2n) is 7.76. The number of aromatic nitrogens is 3. The van der Waals surface area contributed by atoms with Crippen LogP contribution in [0.5, 0.6) is 5.75 Å². The number of anilines is 2. The summed E-state index contributed by atoms with van der Waals surface area (Å²) < 4.78 is 11.8. The first kappa shape index (κ1) is 24.0. The molecule has 1 aliphatic carbocycles. The van der Waals surface area contributed by atoms with Crippen molar-refractivity contribution in [3.05, 3.63) is 68.4 Å². The van der Waals surface area contributed by atoms with Crippen LogP contribution in [-0.4, -0.2) is 40.3 Å². The SMILES string of the molecule is COC[C@@H](N)c1cncc(NC(=O)c2c(N)ncn(-c3c(Cl)cc(OC4CC4)cc3Cl)c2=O)c1. The van der Waals surface area contributed by atoms with E-state index in [0.29, 0.717) is 17.0 Å². The number of halogens is 2. The lowest BCUT2D eigenvalue weighted by Gasteiger charge is -2.15. The molecule has 4 rings (SSSR count). The van der Waals surface area contributed by atoms with Crippen molar-refractivity contribution in [3.63, 3.8) is 0 Å². The molecule has 1 fully saturated rings. The number of nitrogens with one attached hydrogen (secondary N) is 1. The summed E-state index contributed by atoms with van der Waals surface area (Å²) in [4.78, 5) is 34.3. The average molecular weight is 505 g/mol. The highest BCUT2D eigenvalue weighted by Gasteiger charge is 2.25. The first-order valence-corrected chi connectivity index (χ1v) is 11.1. The fourth-order valence-electron chi connectivity index (χ4n) is 3.26. The number of methoxy groups -OCH3 is 1. The minimum Gasteiger partial charge on any atom is -0.490 e. The first-order chi connectivity index (χ1) is 16.3. The van der Waals surface area contributed by atoms with Gasteiger partial charge in [0.2, 0.25) is 0 Å². The highest BCUT2D eigenvalue weighted by atomic mass is 35.5. The Morgan fingerprint density at radius 3 is 2.62 bits per heavy atom. The van der Waals surface area contributed by atoms with Gasteiger partial charge in [-0.15, -0.1) is 0 Å². The summed E-state index contributed by atoms with van der Waals surface area (Å²) in [6.45, 7) is 0.269. The van der Waals surface area contributed by atoms with Gasteiger partial charge in [-0.1, -0.05) is 23.2 Å². The van der Waals surface area contributed by atoms with Gasteiger partial charge in [-0.05, 0) is 24.5 Å². The minimum absolute atomic E-state index is 0.145. The van der Waals surface area contributed by atoms with E-state index in [4.69, 9.17) is 44.1 Å². The summed E-state index contributed by atoms with van der Waals surface area (Å²) in [5, 5.41) is 2.92. The van der Waals surface area contributed by atoms with Crippen LogP contribution in [0.3, 0.4) is 0 Å². The predicted octanol–water partition coefficient (Wildman–Crippen LogP) is 2.96. The molecule has 3 aromatic rings. The number of nitrogen functional groups attached to an aromatic ring is 1. The molecule has 1 aromatic carbocycles. The maximum absolute atomic E-state index is 13.2. The molecule has 12 heteroatoms. The van der Waals surface area contributed by atoms with Crippen LogP contribution in [0.25, 0.3) is 5.69 Å². The van der Waals surface area contributed by atoms with Gasteiger partial charge in [0.15, 0.2) is 0 Å². The first-order valence-electron chi connectivity index (χ1n) is 10.3. The van der Waals surface area contributed by atoms with Crippen molar-refractivity contribution in [2.45, 2.75) is 25.0 Å². The number of carbonyl (C=O) groups is 1. The Balaban J connectivity index is 1.65. The van der Waals surface area contributed by atoms with Gasteiger partial charge in [0.1, 0.15) is 23.5 Å². The number of carbonyl (C=O) groups excluding carboxylic acids is 1. The standard InChI is InChI=1S/C22H22Cl2N6O4/c1-33-9-17(25)11-4-12(8-27-7-11)29-21(31)18-20(26)28-10-30(22(18)32)19-15(23)5-14(6-16(19)24)34-13-2-3-13/h4-8,10,13,17H,2-3,9,25-26H2,1H3,(H,29,31)/t17-/m1/s1. The lowest BCUT2D eigenvalue weighted by Crippen LogP contribution is -2.31. The number of ether oxygens (including phenoxy) is 2. The van der Waals surface area contributed by atoms with Gasteiger partial charge in [-0.25, -0.2) is 4.98 Å². The van der Waals surface area contributed by atoms with Crippen LogP contribution in [0.2, 0.25) is 10.0 Å². The van der Waals surface area contributed by atoms with E-state index >= 15 is 0 Å². The highest BCUT2D eigenvalue weighted by molar-refractivity contribution is 6.38. The van der Waals surface area contributed by atoms with Crippen LogP contribution >= 0.6 is 23.2 Å². The van der Waals surface area contributed by atoms with Crippen LogP contribution < -0.4 is 27.1 Å². The minimum atomic E-state index is -0.774. The van der Waals surface area contributed by atoms with E-state index in [1.54, 1.807) is 24.4 Å². The zero-order valence-electron chi connectivity index (χ0n) is 18.1. The van der Waals surface area contributed by atoms with Crippen LogP contribution in [0.1, 0.15) is 34.8 Å². The van der Waals surface area contributed by atoms with Crippen molar-refractivity contribution in [2.24, 2.45) is 5.73 Å². The molecule has 2 heterocycles. The molecule has 0 aliphatic heterocycles. The topological polar surface area (TPSA) is 147 Å². The molecule has 2 aromatic heterocycles. The molecule has 178 valence electrons. The quantitative estimate of drug-likeness (QED) is 0.423. The van der Waals surface area contributed by atoms with Crippen molar-refractivity contribution in [1.29, 1.82) is 0 Å². The average Bonchev–Trinajstić information content (AvgIpc) is 3.59. The molecule has 10 nitrogen and oxygen atoms in total. The van der Waals surface area contributed by atoms with Crippen molar-refractivity contribution < 1.29 is 14.3 Å². The molecule has 1 aliphatic rings. The van der Waals surface area contributed by atoms with E-state index < -0.39 is 17.5 Å². The van der Waals surface area contributed by atoms with E-state index in [-0.39, 0.29) is 39.8 Å². The molecule has 5 N–H and O–H groups in total. The number of rotatable bonds is 8. The summed E-state index contributed by atoms with van der Waals surface area (Å²) in [6.07, 6.45) is 6.21. The summed E-state index contributed by atoms with van der Waals surface area (Å²) in [6, 6.07) is 4.31. The lowest BCUT2D eigenvalue weighted by molar-refractivity contribution is 0.102. The van der Waals surface area contributed by atoms with Gasteiger partial charge in [0, 0.05) is 25.4 Å². The Morgan fingerprint density at radius 2 is 1.97 bits per heavy atom. The third kappa shape index (κ3) is 5.15. The summed E-state index contributed by atoms with van der Waals surface area (Å²) >= 11 is 12.8. The molecular formula is C22H22Cl2N6O4. The molecule has 0 spiro atoms. The molecular weight excluding hydrogens is 483 g/mol. The highest BCUT2D eigenvalue weighted by Crippen LogP contribution is 2.35. The van der Waals surface area contributed by atoms with Crippen LogP contribution in [-0.2, 0) is 4.74 Å². The molecule has 1 amide bonds. The number of hydrogen-bond donors (Lipinski definition) is 3. The van der Waals surface area contributed by atoms with E-state index in [0.717, 1.165) is 23.7 Å². The van der Waals surface area contributed by atoms with Crippen molar-refractivity contribution in [2.75, 3.05) is 24.8 Å². The number of amides is 1.